The van der Waals surface area contributed by atoms with Crippen LogP contribution in [0.1, 0.15) is 23.1 Å². The molecular weight excluding hydrogens is 398 g/mol. The van der Waals surface area contributed by atoms with Gasteiger partial charge in [0.05, 0.1) is 23.1 Å². The van der Waals surface area contributed by atoms with Crippen molar-refractivity contribution in [3.8, 4) is 23.5 Å². The first-order valence-electron chi connectivity index (χ1n) is 9.32. The third-order valence-electron chi connectivity index (χ3n) is 4.93. The molecule has 0 unspecified atom stereocenters. The average molecular weight is 415 g/mol. The highest BCUT2D eigenvalue weighted by Crippen LogP contribution is 2.36. The summed E-state index contributed by atoms with van der Waals surface area (Å²) in [6, 6.07) is 15.3. The zero-order chi connectivity index (χ0) is 21.1. The molecule has 0 fully saturated rings. The lowest BCUT2D eigenvalue weighted by atomic mass is 10.0. The van der Waals surface area contributed by atoms with Crippen molar-refractivity contribution in [3.63, 3.8) is 0 Å². The molecular formula is C22H17N5O2S. The summed E-state index contributed by atoms with van der Waals surface area (Å²) in [5.41, 5.74) is 8.62. The quantitative estimate of drug-likeness (QED) is 0.644. The fourth-order valence-electron chi connectivity index (χ4n) is 3.57. The van der Waals surface area contributed by atoms with E-state index in [2.05, 4.69) is 11.1 Å². The van der Waals surface area contributed by atoms with E-state index in [0.29, 0.717) is 22.9 Å². The van der Waals surface area contributed by atoms with Crippen molar-refractivity contribution in [1.82, 2.24) is 4.98 Å². The number of carbonyl (C=O) groups excluding carboxylic acids is 1. The highest BCUT2D eigenvalue weighted by Gasteiger charge is 2.25. The Hall–Kier alpha value is -3.75. The molecule has 0 spiro atoms. The summed E-state index contributed by atoms with van der Waals surface area (Å²) < 4.78 is 5.40. The second-order valence-electron chi connectivity index (χ2n) is 6.69. The van der Waals surface area contributed by atoms with Gasteiger partial charge in [-0.3, -0.25) is 4.79 Å². The normalized spacial score (nSPS) is 12.7. The van der Waals surface area contributed by atoms with E-state index in [4.69, 9.17) is 10.2 Å². The SMILES string of the molecule is N#Cc1c(N)nc(SCC(=O)N2CCCc3ccccc32)c(C#N)c1-c1ccco1. The largest absolute Gasteiger partial charge is 0.464 e. The Labute approximate surface area is 177 Å². The fraction of sp³-hybridized carbons (Fsp3) is 0.182. The third kappa shape index (κ3) is 3.49. The van der Waals surface area contributed by atoms with Gasteiger partial charge in [0.1, 0.15) is 34.3 Å². The molecule has 8 heteroatoms. The molecule has 7 nitrogen and oxygen atoms in total. The molecule has 3 heterocycles. The second-order valence-corrected chi connectivity index (χ2v) is 7.66. The van der Waals surface area contributed by atoms with Gasteiger partial charge >= 0.3 is 0 Å². The van der Waals surface area contributed by atoms with Crippen molar-refractivity contribution in [1.29, 1.82) is 10.5 Å². The van der Waals surface area contributed by atoms with Crippen LogP contribution in [-0.4, -0.2) is 23.2 Å². The van der Waals surface area contributed by atoms with E-state index in [-0.39, 0.29) is 28.6 Å². The van der Waals surface area contributed by atoms with Crippen LogP contribution in [0.4, 0.5) is 11.5 Å². The molecule has 0 bridgehead atoms. The number of nitrogens with zero attached hydrogens (tertiary/aromatic N) is 4. The van der Waals surface area contributed by atoms with Crippen LogP contribution in [0, 0.1) is 22.7 Å². The smallest absolute Gasteiger partial charge is 0.237 e. The molecule has 2 N–H and O–H groups in total. The number of amides is 1. The average Bonchev–Trinajstić information content (AvgIpc) is 3.31. The monoisotopic (exact) mass is 415 g/mol. The van der Waals surface area contributed by atoms with Gasteiger partial charge in [-0.15, -0.1) is 0 Å². The molecule has 1 aromatic carbocycles. The van der Waals surface area contributed by atoms with E-state index in [9.17, 15) is 15.3 Å². The van der Waals surface area contributed by atoms with E-state index in [0.717, 1.165) is 35.9 Å². The Bertz CT molecular complexity index is 1190. The summed E-state index contributed by atoms with van der Waals surface area (Å²) in [5, 5.41) is 19.6. The van der Waals surface area contributed by atoms with E-state index >= 15 is 0 Å². The van der Waals surface area contributed by atoms with E-state index in [1.165, 1.54) is 6.26 Å². The Morgan fingerprint density at radius 2 is 2.00 bits per heavy atom. The lowest BCUT2D eigenvalue weighted by Gasteiger charge is -2.29. The summed E-state index contributed by atoms with van der Waals surface area (Å²) in [6.45, 7) is 0.655. The number of fused-ring (bicyclic) bond motifs is 1. The molecule has 0 atom stereocenters. The standard InChI is InChI=1S/C22H17N5O2S/c23-11-15-20(18-8-4-10-29-18)16(12-24)22(26-21(15)25)30-13-19(28)27-9-3-6-14-5-1-2-7-17(14)27/h1-2,4-5,7-8,10H,3,6,9,13H2,(H2,25,26). The number of anilines is 2. The molecule has 1 aliphatic heterocycles. The topological polar surface area (TPSA) is 120 Å². The number of hydrogen-bond donors (Lipinski definition) is 1. The van der Waals surface area contributed by atoms with Crippen LogP contribution in [-0.2, 0) is 11.2 Å². The van der Waals surface area contributed by atoms with E-state index in [1.54, 1.807) is 17.0 Å². The van der Waals surface area contributed by atoms with Crippen LogP contribution >= 0.6 is 11.8 Å². The van der Waals surface area contributed by atoms with Crippen molar-refractivity contribution in [2.75, 3.05) is 22.9 Å². The van der Waals surface area contributed by atoms with Crippen LogP contribution in [0.15, 0.2) is 52.1 Å². The first-order chi connectivity index (χ1) is 14.6. The number of carbonyl (C=O) groups is 1. The summed E-state index contributed by atoms with van der Waals surface area (Å²) in [6.07, 6.45) is 3.31. The lowest BCUT2D eigenvalue weighted by molar-refractivity contribution is -0.116. The predicted molar refractivity (Wildman–Crippen MR) is 114 cm³/mol. The van der Waals surface area contributed by atoms with Gasteiger partial charge < -0.3 is 15.1 Å². The summed E-state index contributed by atoms with van der Waals surface area (Å²) in [5.74, 6) is 0.385. The van der Waals surface area contributed by atoms with Crippen LogP contribution in [0.3, 0.4) is 0 Å². The zero-order valence-electron chi connectivity index (χ0n) is 16.0. The number of hydrogen-bond acceptors (Lipinski definition) is 7. The molecule has 4 rings (SSSR count). The van der Waals surface area contributed by atoms with Crippen LogP contribution < -0.4 is 10.6 Å². The molecule has 0 radical (unpaired) electrons. The Balaban J connectivity index is 1.64. The van der Waals surface area contributed by atoms with Crippen LogP contribution in [0.5, 0.6) is 0 Å². The molecule has 1 amide bonds. The molecule has 0 saturated carbocycles. The number of benzene rings is 1. The van der Waals surface area contributed by atoms with Gasteiger partial charge in [-0.1, -0.05) is 30.0 Å². The molecule has 0 saturated heterocycles. The van der Waals surface area contributed by atoms with Gasteiger partial charge in [-0.05, 0) is 36.6 Å². The second kappa shape index (κ2) is 8.32. The maximum atomic E-state index is 12.9. The first kappa shape index (κ1) is 19.6. The van der Waals surface area contributed by atoms with Crippen molar-refractivity contribution in [2.24, 2.45) is 0 Å². The number of nitrogens with two attached hydrogens (primary N) is 1. The maximum absolute atomic E-state index is 12.9. The summed E-state index contributed by atoms with van der Waals surface area (Å²) in [7, 11) is 0. The minimum absolute atomic E-state index is 0.00108. The van der Waals surface area contributed by atoms with Gasteiger partial charge in [0.25, 0.3) is 0 Å². The van der Waals surface area contributed by atoms with Crippen LogP contribution in [0.2, 0.25) is 0 Å². The third-order valence-corrected chi connectivity index (χ3v) is 5.89. The number of nitrogen functional groups attached to an aromatic ring is 1. The van der Waals surface area contributed by atoms with Gasteiger partial charge in [-0.2, -0.15) is 10.5 Å². The Morgan fingerprint density at radius 3 is 2.73 bits per heavy atom. The number of furan rings is 1. The summed E-state index contributed by atoms with van der Waals surface area (Å²) >= 11 is 1.14. The summed E-state index contributed by atoms with van der Waals surface area (Å²) in [4.78, 5) is 19.0. The molecule has 2 aromatic heterocycles. The number of pyridine rings is 1. The molecule has 0 aliphatic carbocycles. The number of para-hydroxylation sites is 1. The van der Waals surface area contributed by atoms with Gasteiger partial charge in [0.2, 0.25) is 5.91 Å². The first-order valence-corrected chi connectivity index (χ1v) is 10.3. The van der Waals surface area contributed by atoms with Crippen molar-refractivity contribution >= 4 is 29.2 Å². The van der Waals surface area contributed by atoms with Crippen molar-refractivity contribution in [2.45, 2.75) is 17.9 Å². The highest BCUT2D eigenvalue weighted by molar-refractivity contribution is 8.00. The van der Waals surface area contributed by atoms with Gasteiger partial charge in [0, 0.05) is 12.2 Å². The highest BCUT2D eigenvalue weighted by atomic mass is 32.2. The Morgan fingerprint density at radius 1 is 1.20 bits per heavy atom. The van der Waals surface area contributed by atoms with Crippen LogP contribution in [0.25, 0.3) is 11.3 Å². The minimum atomic E-state index is -0.0691. The predicted octanol–water partition coefficient (Wildman–Crippen LogP) is 3.74. The van der Waals surface area contributed by atoms with Crippen molar-refractivity contribution < 1.29 is 9.21 Å². The Kier molecular flexibility index (Phi) is 5.42. The number of thioether (sulfide) groups is 1. The van der Waals surface area contributed by atoms with E-state index in [1.807, 2.05) is 30.3 Å². The van der Waals surface area contributed by atoms with Gasteiger partial charge in [-0.25, -0.2) is 4.98 Å². The minimum Gasteiger partial charge on any atom is -0.464 e. The lowest BCUT2D eigenvalue weighted by Crippen LogP contribution is -2.36. The fourth-order valence-corrected chi connectivity index (χ4v) is 4.44. The number of nitriles is 2. The molecule has 30 heavy (non-hydrogen) atoms. The number of aromatic nitrogens is 1. The number of rotatable bonds is 4. The maximum Gasteiger partial charge on any atom is 0.237 e. The van der Waals surface area contributed by atoms with Gasteiger partial charge in [0.15, 0.2) is 0 Å². The molecule has 3 aromatic rings. The molecule has 148 valence electrons. The van der Waals surface area contributed by atoms with Crippen molar-refractivity contribution in [3.05, 3.63) is 59.4 Å². The van der Waals surface area contributed by atoms with E-state index < -0.39 is 0 Å². The zero-order valence-corrected chi connectivity index (χ0v) is 16.8. The molecule has 1 aliphatic rings. The number of aryl methyl sites for hydroxylation is 1.